The van der Waals surface area contributed by atoms with Gasteiger partial charge in [-0.3, -0.25) is 5.10 Å². The van der Waals surface area contributed by atoms with Gasteiger partial charge in [0.2, 0.25) is 0 Å². The molecule has 21 heavy (non-hydrogen) atoms. The van der Waals surface area contributed by atoms with E-state index in [2.05, 4.69) is 20.2 Å². The zero-order valence-electron chi connectivity index (χ0n) is 12.5. The lowest BCUT2D eigenvalue weighted by Crippen LogP contribution is -2.29. The zero-order chi connectivity index (χ0) is 15.6. The molecule has 0 amide bonds. The van der Waals surface area contributed by atoms with Crippen molar-refractivity contribution in [3.63, 3.8) is 0 Å². The Hall–Kier alpha value is -1.00. The van der Waals surface area contributed by atoms with Gasteiger partial charge in [0.15, 0.2) is 5.03 Å². The summed E-state index contributed by atoms with van der Waals surface area (Å²) in [5, 5.41) is 9.59. The summed E-state index contributed by atoms with van der Waals surface area (Å²) in [6.45, 7) is 4.75. The summed E-state index contributed by atoms with van der Waals surface area (Å²) in [7, 11) is -2.02. The number of hydrogen-bond donors (Lipinski definition) is 3. The second kappa shape index (κ2) is 9.85. The van der Waals surface area contributed by atoms with Crippen LogP contribution in [0.3, 0.4) is 0 Å². The Morgan fingerprint density at radius 2 is 2.10 bits per heavy atom. The maximum Gasteiger partial charge on any atom is 0.257 e. The van der Waals surface area contributed by atoms with Gasteiger partial charge in [0.1, 0.15) is 0 Å². The van der Waals surface area contributed by atoms with Gasteiger partial charge in [0.05, 0.1) is 26.0 Å². The van der Waals surface area contributed by atoms with Crippen LogP contribution in [-0.4, -0.2) is 58.6 Å². The number of nitrogens with zero attached hydrogens (tertiary/aromatic N) is 1. The number of aromatic nitrogens is 2. The predicted molar refractivity (Wildman–Crippen MR) is 78.5 cm³/mol. The molecule has 1 rings (SSSR count). The van der Waals surface area contributed by atoms with Crippen LogP contribution in [0, 0.1) is 0 Å². The first-order valence-corrected chi connectivity index (χ1v) is 8.39. The number of nitrogens with one attached hydrogen (secondary N) is 3. The van der Waals surface area contributed by atoms with Crippen molar-refractivity contribution >= 4 is 10.0 Å². The SMILES string of the molecule is CCCNCc1cn[nH]c1S(=O)(=O)NCCOCCOC. The van der Waals surface area contributed by atoms with E-state index < -0.39 is 10.0 Å². The lowest BCUT2D eigenvalue weighted by atomic mass is 10.3. The molecule has 0 aliphatic carbocycles. The van der Waals surface area contributed by atoms with Gasteiger partial charge in [0, 0.05) is 25.8 Å². The van der Waals surface area contributed by atoms with Crippen LogP contribution in [0.25, 0.3) is 0 Å². The topological polar surface area (TPSA) is 105 Å². The van der Waals surface area contributed by atoms with Crippen molar-refractivity contribution in [2.75, 3.05) is 40.0 Å². The van der Waals surface area contributed by atoms with E-state index in [9.17, 15) is 8.42 Å². The van der Waals surface area contributed by atoms with Crippen LogP contribution in [0.15, 0.2) is 11.2 Å². The summed E-state index contributed by atoms with van der Waals surface area (Å²) >= 11 is 0. The number of rotatable bonds is 12. The number of sulfonamides is 1. The summed E-state index contributed by atoms with van der Waals surface area (Å²) in [6, 6.07) is 0. The van der Waals surface area contributed by atoms with Crippen LogP contribution in [0.4, 0.5) is 0 Å². The highest BCUT2D eigenvalue weighted by atomic mass is 32.2. The van der Waals surface area contributed by atoms with Crippen molar-refractivity contribution in [2.45, 2.75) is 24.9 Å². The van der Waals surface area contributed by atoms with Crippen molar-refractivity contribution in [2.24, 2.45) is 0 Å². The first-order valence-electron chi connectivity index (χ1n) is 6.91. The number of hydrogen-bond acceptors (Lipinski definition) is 6. The standard InChI is InChI=1S/C12H24N4O4S/c1-3-4-13-9-11-10-14-16-12(11)21(17,18)15-5-6-20-8-7-19-2/h10,13,15H,3-9H2,1-2H3,(H,14,16). The Labute approximate surface area is 125 Å². The van der Waals surface area contributed by atoms with Crippen LogP contribution in [0.2, 0.25) is 0 Å². The van der Waals surface area contributed by atoms with E-state index in [0.29, 0.717) is 31.9 Å². The molecule has 122 valence electrons. The average molecular weight is 320 g/mol. The molecule has 0 saturated carbocycles. The number of methoxy groups -OCH3 is 1. The van der Waals surface area contributed by atoms with Gasteiger partial charge in [-0.15, -0.1) is 0 Å². The second-order valence-corrected chi connectivity index (χ2v) is 6.11. The first-order chi connectivity index (χ1) is 10.1. The summed E-state index contributed by atoms with van der Waals surface area (Å²) < 4.78 is 36.8. The quantitative estimate of drug-likeness (QED) is 0.463. The van der Waals surface area contributed by atoms with E-state index in [-0.39, 0.29) is 11.6 Å². The summed E-state index contributed by atoms with van der Waals surface area (Å²) in [6.07, 6.45) is 2.50. The van der Waals surface area contributed by atoms with Gasteiger partial charge in [-0.1, -0.05) is 6.92 Å². The summed E-state index contributed by atoms with van der Waals surface area (Å²) in [5.74, 6) is 0. The maximum atomic E-state index is 12.1. The van der Waals surface area contributed by atoms with Gasteiger partial charge in [0.25, 0.3) is 10.0 Å². The van der Waals surface area contributed by atoms with E-state index in [0.717, 1.165) is 13.0 Å². The first kappa shape index (κ1) is 18.1. The number of ether oxygens (including phenoxy) is 2. The van der Waals surface area contributed by atoms with Gasteiger partial charge in [-0.05, 0) is 13.0 Å². The summed E-state index contributed by atoms with van der Waals surface area (Å²) in [5.41, 5.74) is 0.622. The molecule has 8 nitrogen and oxygen atoms in total. The molecule has 0 bridgehead atoms. The molecule has 0 atom stereocenters. The van der Waals surface area contributed by atoms with Crippen LogP contribution in [-0.2, 0) is 26.0 Å². The smallest absolute Gasteiger partial charge is 0.257 e. The van der Waals surface area contributed by atoms with E-state index in [4.69, 9.17) is 9.47 Å². The van der Waals surface area contributed by atoms with Crippen molar-refractivity contribution in [1.29, 1.82) is 0 Å². The Kier molecular flexibility index (Phi) is 8.47. The van der Waals surface area contributed by atoms with Crippen LogP contribution in [0.5, 0.6) is 0 Å². The minimum absolute atomic E-state index is 0.1000. The van der Waals surface area contributed by atoms with Gasteiger partial charge < -0.3 is 14.8 Å². The third kappa shape index (κ3) is 6.53. The lowest BCUT2D eigenvalue weighted by molar-refractivity contribution is 0.0736. The molecule has 1 aromatic heterocycles. The Balaban J connectivity index is 2.44. The Morgan fingerprint density at radius 1 is 1.29 bits per heavy atom. The van der Waals surface area contributed by atoms with Crippen molar-refractivity contribution in [3.05, 3.63) is 11.8 Å². The molecule has 0 spiro atoms. The molecule has 9 heteroatoms. The van der Waals surface area contributed by atoms with Gasteiger partial charge >= 0.3 is 0 Å². The van der Waals surface area contributed by atoms with Crippen molar-refractivity contribution in [3.8, 4) is 0 Å². The molecule has 0 unspecified atom stereocenters. The monoisotopic (exact) mass is 320 g/mol. The molecule has 0 fully saturated rings. The summed E-state index contributed by atoms with van der Waals surface area (Å²) in [4.78, 5) is 0. The molecule has 0 aromatic carbocycles. The largest absolute Gasteiger partial charge is 0.382 e. The van der Waals surface area contributed by atoms with E-state index >= 15 is 0 Å². The van der Waals surface area contributed by atoms with Gasteiger partial charge in [-0.25, -0.2) is 13.1 Å². The minimum atomic E-state index is -3.60. The minimum Gasteiger partial charge on any atom is -0.382 e. The Bertz CT molecular complexity index is 489. The zero-order valence-corrected chi connectivity index (χ0v) is 13.3. The van der Waals surface area contributed by atoms with E-state index in [1.807, 2.05) is 6.92 Å². The fraction of sp³-hybridized carbons (Fsp3) is 0.750. The van der Waals surface area contributed by atoms with Crippen LogP contribution in [0.1, 0.15) is 18.9 Å². The molecule has 0 saturated heterocycles. The average Bonchev–Trinajstić information content (AvgIpc) is 2.92. The molecular weight excluding hydrogens is 296 g/mol. The molecule has 1 aromatic rings. The predicted octanol–water partition coefficient (Wildman–Crippen LogP) is -0.149. The highest BCUT2D eigenvalue weighted by molar-refractivity contribution is 7.89. The highest BCUT2D eigenvalue weighted by Crippen LogP contribution is 2.11. The van der Waals surface area contributed by atoms with Crippen molar-refractivity contribution < 1.29 is 17.9 Å². The molecule has 3 N–H and O–H groups in total. The van der Waals surface area contributed by atoms with E-state index in [1.165, 1.54) is 6.20 Å². The fourth-order valence-corrected chi connectivity index (χ4v) is 2.76. The van der Waals surface area contributed by atoms with Crippen molar-refractivity contribution in [1.82, 2.24) is 20.2 Å². The number of H-pyrrole nitrogens is 1. The van der Waals surface area contributed by atoms with Crippen LogP contribution >= 0.6 is 0 Å². The Morgan fingerprint density at radius 3 is 2.81 bits per heavy atom. The number of aromatic amines is 1. The van der Waals surface area contributed by atoms with E-state index in [1.54, 1.807) is 7.11 Å². The third-order valence-electron chi connectivity index (χ3n) is 2.66. The second-order valence-electron chi connectivity index (χ2n) is 4.40. The molecule has 1 heterocycles. The van der Waals surface area contributed by atoms with Gasteiger partial charge in [-0.2, -0.15) is 5.10 Å². The molecule has 0 aliphatic heterocycles. The molecule has 0 radical (unpaired) electrons. The van der Waals surface area contributed by atoms with Crippen LogP contribution < -0.4 is 10.0 Å². The molecular formula is C12H24N4O4S. The highest BCUT2D eigenvalue weighted by Gasteiger charge is 2.19. The lowest BCUT2D eigenvalue weighted by Gasteiger charge is -2.08. The maximum absolute atomic E-state index is 12.1. The normalized spacial score (nSPS) is 11.9. The molecule has 0 aliphatic rings. The third-order valence-corrected chi connectivity index (χ3v) is 4.13. The fourth-order valence-electron chi connectivity index (χ4n) is 1.62.